The van der Waals surface area contributed by atoms with Gasteiger partial charge in [-0.2, -0.15) is 0 Å². The van der Waals surface area contributed by atoms with E-state index in [4.69, 9.17) is 16.3 Å². The Balaban J connectivity index is 1.48. The van der Waals surface area contributed by atoms with Crippen molar-refractivity contribution in [1.29, 1.82) is 0 Å². The van der Waals surface area contributed by atoms with Crippen molar-refractivity contribution in [3.8, 4) is 0 Å². The molecule has 2 aromatic rings. The van der Waals surface area contributed by atoms with Crippen LogP contribution in [0.1, 0.15) is 29.7 Å². The van der Waals surface area contributed by atoms with Crippen molar-refractivity contribution in [2.75, 3.05) is 32.8 Å². The van der Waals surface area contributed by atoms with Crippen LogP contribution in [0.15, 0.2) is 48.5 Å². The summed E-state index contributed by atoms with van der Waals surface area (Å²) in [6.07, 6.45) is 0. The van der Waals surface area contributed by atoms with E-state index in [9.17, 15) is 4.79 Å². The van der Waals surface area contributed by atoms with Crippen molar-refractivity contribution >= 4 is 17.5 Å². The number of halogens is 1. The van der Waals surface area contributed by atoms with Crippen LogP contribution in [0, 0.1) is 0 Å². The molecule has 1 aliphatic heterocycles. The Kier molecular flexibility index (Phi) is 7.86. The van der Waals surface area contributed by atoms with Gasteiger partial charge in [-0.05, 0) is 18.6 Å². The fourth-order valence-corrected chi connectivity index (χ4v) is 3.84. The maximum Gasteiger partial charge on any atom is 0.275 e. The molecule has 0 spiro atoms. The van der Waals surface area contributed by atoms with Gasteiger partial charge in [0.1, 0.15) is 25.7 Å². The third-order valence-corrected chi connectivity index (χ3v) is 5.63. The van der Waals surface area contributed by atoms with Crippen molar-refractivity contribution < 1.29 is 19.7 Å². The number of carbonyl (C=O) groups is 1. The lowest BCUT2D eigenvalue weighted by atomic mass is 10.1. The summed E-state index contributed by atoms with van der Waals surface area (Å²) < 4.78 is 5.44. The van der Waals surface area contributed by atoms with Gasteiger partial charge in [0.25, 0.3) is 5.91 Å². The predicted octanol–water partition coefficient (Wildman–Crippen LogP) is 0.696. The van der Waals surface area contributed by atoms with E-state index in [1.165, 1.54) is 16.0 Å². The Labute approximate surface area is 172 Å². The molecular formula is C22H30ClN3O2+2. The predicted molar refractivity (Wildman–Crippen MR) is 110 cm³/mol. The summed E-state index contributed by atoms with van der Waals surface area (Å²) in [7, 11) is 0. The summed E-state index contributed by atoms with van der Waals surface area (Å²) in [5, 5.41) is 5.82. The van der Waals surface area contributed by atoms with Gasteiger partial charge in [-0.3, -0.25) is 4.79 Å². The zero-order valence-corrected chi connectivity index (χ0v) is 17.2. The van der Waals surface area contributed by atoms with Crippen LogP contribution >= 0.6 is 11.6 Å². The van der Waals surface area contributed by atoms with E-state index in [0.717, 1.165) is 43.4 Å². The first-order valence-corrected chi connectivity index (χ1v) is 10.3. The average Bonchev–Trinajstić information content (AvgIpc) is 2.72. The van der Waals surface area contributed by atoms with Crippen LogP contribution in [-0.2, 0) is 22.6 Å². The summed E-state index contributed by atoms with van der Waals surface area (Å²) in [5.74, 6) is 0.0347. The number of quaternary nitrogens is 2. The first-order valence-electron chi connectivity index (χ1n) is 9.96. The van der Waals surface area contributed by atoms with Gasteiger partial charge in [-0.1, -0.05) is 54.1 Å². The zero-order chi connectivity index (χ0) is 19.8. The monoisotopic (exact) mass is 403 g/mol. The van der Waals surface area contributed by atoms with Crippen LogP contribution in [0.3, 0.4) is 0 Å². The minimum atomic E-state index is 0.0347. The third-order valence-electron chi connectivity index (χ3n) is 5.29. The molecule has 0 saturated carbocycles. The molecule has 1 heterocycles. The standard InChI is InChI=1S/C22H28ClN3O2/c1-17(20-8-4-5-9-21(20)23)24-15-22(27)25-14-18-6-2-3-7-19(18)16-26-10-12-28-13-11-26/h2-9,17,24H,10-16H2,1H3,(H,25,27)/p+2/t17-/m1/s1. The summed E-state index contributed by atoms with van der Waals surface area (Å²) in [6.45, 7) is 7.71. The highest BCUT2D eigenvalue weighted by atomic mass is 35.5. The molecule has 0 unspecified atom stereocenters. The van der Waals surface area contributed by atoms with E-state index in [1.54, 1.807) is 0 Å². The highest BCUT2D eigenvalue weighted by Crippen LogP contribution is 2.19. The lowest BCUT2D eigenvalue weighted by molar-refractivity contribution is -0.921. The molecule has 0 bridgehead atoms. The van der Waals surface area contributed by atoms with Crippen LogP contribution < -0.4 is 15.5 Å². The van der Waals surface area contributed by atoms with E-state index in [2.05, 4.69) is 30.4 Å². The Morgan fingerprint density at radius 3 is 2.57 bits per heavy atom. The van der Waals surface area contributed by atoms with Gasteiger partial charge in [0, 0.05) is 22.7 Å². The van der Waals surface area contributed by atoms with E-state index >= 15 is 0 Å². The van der Waals surface area contributed by atoms with E-state index in [-0.39, 0.29) is 11.9 Å². The molecule has 6 heteroatoms. The number of hydrogen-bond acceptors (Lipinski definition) is 2. The van der Waals surface area contributed by atoms with Gasteiger partial charge in [0.2, 0.25) is 0 Å². The number of ether oxygens (including phenoxy) is 1. The maximum absolute atomic E-state index is 12.3. The fourth-order valence-electron chi connectivity index (χ4n) is 3.53. The third kappa shape index (κ3) is 6.04. The molecule has 0 radical (unpaired) electrons. The first kappa shape index (κ1) is 20.8. The Hall–Kier alpha value is -1.92. The van der Waals surface area contributed by atoms with Gasteiger partial charge in [-0.25, -0.2) is 0 Å². The molecular weight excluding hydrogens is 374 g/mol. The minimum absolute atomic E-state index is 0.0347. The molecule has 4 N–H and O–H groups in total. The number of benzene rings is 2. The summed E-state index contributed by atoms with van der Waals surface area (Å²) in [6, 6.07) is 16.3. The molecule has 1 aliphatic rings. The fraction of sp³-hybridized carbons (Fsp3) is 0.409. The Morgan fingerprint density at radius 1 is 1.14 bits per heavy atom. The quantitative estimate of drug-likeness (QED) is 0.607. The molecule has 150 valence electrons. The van der Waals surface area contributed by atoms with Crippen LogP contribution in [0.25, 0.3) is 0 Å². The summed E-state index contributed by atoms with van der Waals surface area (Å²) in [4.78, 5) is 13.9. The van der Waals surface area contributed by atoms with Gasteiger partial charge in [0.05, 0.1) is 13.2 Å². The number of nitrogens with two attached hydrogens (primary N) is 1. The number of amides is 1. The van der Waals surface area contributed by atoms with Gasteiger partial charge >= 0.3 is 0 Å². The largest absolute Gasteiger partial charge is 0.370 e. The van der Waals surface area contributed by atoms with E-state index in [1.807, 2.05) is 35.6 Å². The molecule has 0 aliphatic carbocycles. The van der Waals surface area contributed by atoms with Crippen LogP contribution in [0.5, 0.6) is 0 Å². The Morgan fingerprint density at radius 2 is 1.82 bits per heavy atom. The van der Waals surface area contributed by atoms with Crippen LogP contribution in [0.4, 0.5) is 0 Å². The SMILES string of the molecule is C[C@@H]([NH2+]CC(=O)NCc1ccccc1C[NH+]1CCOCC1)c1ccccc1Cl. The van der Waals surface area contributed by atoms with Crippen LogP contribution in [0.2, 0.25) is 5.02 Å². The number of nitrogens with one attached hydrogen (secondary N) is 2. The number of hydrogen-bond donors (Lipinski definition) is 3. The molecule has 1 fully saturated rings. The highest BCUT2D eigenvalue weighted by molar-refractivity contribution is 6.31. The smallest absolute Gasteiger partial charge is 0.275 e. The number of carbonyl (C=O) groups excluding carboxylic acids is 1. The highest BCUT2D eigenvalue weighted by Gasteiger charge is 2.17. The maximum atomic E-state index is 12.3. The van der Waals surface area contributed by atoms with Crippen molar-refractivity contribution in [1.82, 2.24) is 5.32 Å². The lowest BCUT2D eigenvalue weighted by Crippen LogP contribution is -3.12. The second kappa shape index (κ2) is 10.6. The topological polar surface area (TPSA) is 59.4 Å². The molecule has 2 aromatic carbocycles. The average molecular weight is 404 g/mol. The second-order valence-corrected chi connectivity index (χ2v) is 7.74. The van der Waals surface area contributed by atoms with Crippen molar-refractivity contribution in [2.45, 2.75) is 26.1 Å². The zero-order valence-electron chi connectivity index (χ0n) is 16.4. The van der Waals surface area contributed by atoms with Crippen molar-refractivity contribution in [2.24, 2.45) is 0 Å². The van der Waals surface area contributed by atoms with Crippen molar-refractivity contribution in [3.63, 3.8) is 0 Å². The first-order chi connectivity index (χ1) is 13.6. The normalized spacial score (nSPS) is 15.9. The minimum Gasteiger partial charge on any atom is -0.370 e. The molecule has 1 atom stereocenters. The lowest BCUT2D eigenvalue weighted by Gasteiger charge is -2.24. The molecule has 5 nitrogen and oxygen atoms in total. The molecule has 1 saturated heterocycles. The Bertz CT molecular complexity index is 778. The second-order valence-electron chi connectivity index (χ2n) is 7.33. The number of morpholine rings is 1. The summed E-state index contributed by atoms with van der Waals surface area (Å²) in [5.41, 5.74) is 3.54. The van der Waals surface area contributed by atoms with Crippen LogP contribution in [-0.4, -0.2) is 38.8 Å². The number of rotatable bonds is 8. The van der Waals surface area contributed by atoms with Crippen molar-refractivity contribution in [3.05, 3.63) is 70.2 Å². The van der Waals surface area contributed by atoms with Gasteiger partial charge in [-0.15, -0.1) is 0 Å². The molecule has 0 aromatic heterocycles. The molecule has 3 rings (SSSR count). The molecule has 28 heavy (non-hydrogen) atoms. The molecule has 1 amide bonds. The van der Waals surface area contributed by atoms with Gasteiger partial charge < -0.3 is 20.3 Å². The van der Waals surface area contributed by atoms with Gasteiger partial charge in [0.15, 0.2) is 6.54 Å². The summed E-state index contributed by atoms with van der Waals surface area (Å²) >= 11 is 6.24. The van der Waals surface area contributed by atoms with E-state index < -0.39 is 0 Å². The van der Waals surface area contributed by atoms with E-state index in [0.29, 0.717) is 13.1 Å².